The van der Waals surface area contributed by atoms with Gasteiger partial charge < -0.3 is 9.84 Å². The van der Waals surface area contributed by atoms with Gasteiger partial charge in [-0.15, -0.1) is 12.8 Å². The predicted octanol–water partition coefficient (Wildman–Crippen LogP) is 5.97. The molecule has 0 saturated heterocycles. The lowest BCUT2D eigenvalue weighted by molar-refractivity contribution is -0.159. The maximum Gasteiger partial charge on any atom is 0.331 e. The van der Waals surface area contributed by atoms with E-state index in [1.54, 1.807) is 7.11 Å². The van der Waals surface area contributed by atoms with E-state index in [0.29, 0.717) is 23.4 Å². The summed E-state index contributed by atoms with van der Waals surface area (Å²) in [6, 6.07) is 0. The highest BCUT2D eigenvalue weighted by Crippen LogP contribution is 2.73. The van der Waals surface area contributed by atoms with E-state index in [0.717, 1.165) is 69.6 Å². The average Bonchev–Trinajstić information content (AvgIpc) is 3.43. The summed E-state index contributed by atoms with van der Waals surface area (Å²) in [7, 11) is 1.77. The molecule has 8 unspecified atom stereocenters. The Morgan fingerprint density at radius 1 is 1.03 bits per heavy atom. The van der Waals surface area contributed by atoms with Gasteiger partial charge in [0.1, 0.15) is 12.1 Å². The van der Waals surface area contributed by atoms with E-state index >= 15 is 0 Å². The van der Waals surface area contributed by atoms with Crippen molar-refractivity contribution in [3.05, 3.63) is 48.6 Å². The van der Waals surface area contributed by atoms with Gasteiger partial charge in [0.05, 0.1) is 11.0 Å². The number of aliphatic carboxylic acids is 1. The molecule has 5 aliphatic rings. The van der Waals surface area contributed by atoms with E-state index in [2.05, 4.69) is 39.2 Å². The van der Waals surface area contributed by atoms with E-state index < -0.39 is 17.0 Å². The Hall–Kier alpha value is -2.71. The molecule has 5 fully saturated rings. The van der Waals surface area contributed by atoms with Crippen molar-refractivity contribution in [3.8, 4) is 12.8 Å². The third-order valence-corrected chi connectivity index (χ3v) is 11.4. The molecular weight excluding hydrogens is 476 g/mol. The molecule has 0 radical (unpaired) electrons. The third kappa shape index (κ3) is 3.90. The first-order chi connectivity index (χ1) is 18.1. The molecule has 0 bridgehead atoms. The highest BCUT2D eigenvalue weighted by Gasteiger charge is 2.75. The van der Waals surface area contributed by atoms with Crippen molar-refractivity contribution in [2.24, 2.45) is 46.8 Å². The van der Waals surface area contributed by atoms with Gasteiger partial charge in [0.25, 0.3) is 0 Å². The summed E-state index contributed by atoms with van der Waals surface area (Å²) in [5, 5.41) is 9.66. The van der Waals surface area contributed by atoms with Crippen LogP contribution in [0.3, 0.4) is 0 Å². The number of rotatable bonds is 5. The third-order valence-electron chi connectivity index (χ3n) is 11.4. The van der Waals surface area contributed by atoms with Crippen LogP contribution in [0.2, 0.25) is 0 Å². The number of Topliss-reactive ketones (excluding diaryl/α,β-unsaturated/α-hetero) is 1. The van der Waals surface area contributed by atoms with Crippen molar-refractivity contribution < 1.29 is 24.2 Å². The van der Waals surface area contributed by atoms with Crippen LogP contribution in [0.15, 0.2) is 48.6 Å². The molecule has 0 aromatic carbocycles. The van der Waals surface area contributed by atoms with Crippen LogP contribution in [-0.4, -0.2) is 35.9 Å². The van der Waals surface area contributed by atoms with E-state index in [1.807, 2.05) is 0 Å². The van der Waals surface area contributed by atoms with Gasteiger partial charge in [0, 0.05) is 19.1 Å². The number of ether oxygens (including phenoxy) is 1. The molecule has 5 aliphatic carbocycles. The number of aldehydes is 1. The highest BCUT2D eigenvalue weighted by atomic mass is 16.5. The lowest BCUT2D eigenvalue weighted by Crippen LogP contribution is -2.54. The lowest BCUT2D eigenvalue weighted by atomic mass is 9.61. The summed E-state index contributed by atoms with van der Waals surface area (Å²) in [5.41, 5.74) is 2.03. The molecule has 0 amide bonds. The van der Waals surface area contributed by atoms with Crippen molar-refractivity contribution in [2.45, 2.75) is 69.8 Å². The van der Waals surface area contributed by atoms with Crippen LogP contribution in [0.4, 0.5) is 0 Å². The SMILES string of the molecule is C#C.C=C(C=O)C1CCC(=C)C2CC(=O)C3(CCC4C5CC(C(=C)C(=O)O)CCC(=C)C5C[C@@]43OC)C2C1. The molecule has 5 nitrogen and oxygen atoms in total. The van der Waals surface area contributed by atoms with Gasteiger partial charge in [-0.2, -0.15) is 0 Å². The van der Waals surface area contributed by atoms with Crippen LogP contribution < -0.4 is 0 Å². The van der Waals surface area contributed by atoms with E-state index in [1.165, 1.54) is 5.57 Å². The standard InChI is InChI=1S/C31H40O5.C2H2/c1-17-6-8-21(19(3)16-32)13-27-23(17)14-28(33)30(27)11-10-26-24-12-22(20(4)29(34)35)9-7-18(2)25(24)15-31(26,30)36-5;1-2/h16,21-27H,1-4,6-15H2,5H3,(H,34,35);1-2H/t21?,22?,23?,24?,25?,26?,27?,30?,31-;/m1./s1. The number of ketones is 1. The van der Waals surface area contributed by atoms with E-state index in [4.69, 9.17) is 4.74 Å². The van der Waals surface area contributed by atoms with Crippen molar-refractivity contribution >= 4 is 18.0 Å². The first-order valence-electron chi connectivity index (χ1n) is 13.9. The number of carbonyl (C=O) groups is 3. The maximum atomic E-state index is 14.2. The minimum absolute atomic E-state index is 0.0649. The summed E-state index contributed by atoms with van der Waals surface area (Å²) in [6.07, 6.45) is 16.6. The Morgan fingerprint density at radius 3 is 2.26 bits per heavy atom. The Labute approximate surface area is 227 Å². The topological polar surface area (TPSA) is 80.7 Å². The zero-order valence-electron chi connectivity index (χ0n) is 22.8. The van der Waals surface area contributed by atoms with E-state index in [9.17, 15) is 19.5 Å². The number of allylic oxidation sites excluding steroid dienone is 3. The van der Waals surface area contributed by atoms with Crippen molar-refractivity contribution in [3.63, 3.8) is 0 Å². The maximum absolute atomic E-state index is 14.2. The molecule has 38 heavy (non-hydrogen) atoms. The van der Waals surface area contributed by atoms with Gasteiger partial charge in [-0.25, -0.2) is 4.79 Å². The molecule has 0 aromatic heterocycles. The van der Waals surface area contributed by atoms with Crippen molar-refractivity contribution in [1.82, 2.24) is 0 Å². The van der Waals surface area contributed by atoms with Gasteiger partial charge >= 0.3 is 5.97 Å². The van der Waals surface area contributed by atoms with Gasteiger partial charge in [-0.05, 0) is 105 Å². The van der Waals surface area contributed by atoms with Crippen molar-refractivity contribution in [1.29, 1.82) is 0 Å². The van der Waals surface area contributed by atoms with Crippen LogP contribution >= 0.6 is 0 Å². The molecule has 0 heterocycles. The number of carboxylic acid groups (broad SMARTS) is 1. The van der Waals surface area contributed by atoms with Crippen molar-refractivity contribution in [2.75, 3.05) is 7.11 Å². The van der Waals surface area contributed by atoms with Crippen LogP contribution in [0, 0.1) is 59.7 Å². The van der Waals surface area contributed by atoms with Gasteiger partial charge in [-0.1, -0.05) is 37.5 Å². The van der Waals surface area contributed by atoms with Gasteiger partial charge in [0.15, 0.2) is 0 Å². The molecule has 5 saturated carbocycles. The number of fused-ring (bicyclic) bond motifs is 6. The second kappa shape index (κ2) is 10.5. The molecular formula is C33H42O5. The zero-order valence-corrected chi connectivity index (χ0v) is 22.8. The summed E-state index contributed by atoms with van der Waals surface area (Å²) >= 11 is 0. The Morgan fingerprint density at radius 2 is 1.66 bits per heavy atom. The van der Waals surface area contributed by atoms with Crippen LogP contribution in [0.1, 0.15) is 64.2 Å². The fraction of sp³-hybridized carbons (Fsp3) is 0.606. The molecule has 1 N–H and O–H groups in total. The number of carbonyl (C=O) groups excluding carboxylic acids is 2. The van der Waals surface area contributed by atoms with Crippen LogP contribution in [0.25, 0.3) is 0 Å². The molecule has 5 heteroatoms. The first-order valence-corrected chi connectivity index (χ1v) is 13.9. The zero-order chi connectivity index (χ0) is 28.0. The second-order valence-electron chi connectivity index (χ2n) is 12.3. The van der Waals surface area contributed by atoms with Gasteiger partial charge in [-0.3, -0.25) is 9.59 Å². The van der Waals surface area contributed by atoms with Crippen LogP contribution in [0.5, 0.6) is 0 Å². The molecule has 1 spiro atoms. The van der Waals surface area contributed by atoms with Crippen LogP contribution in [-0.2, 0) is 19.1 Å². The lowest BCUT2D eigenvalue weighted by Gasteiger charge is -2.47. The number of hydrogen-bond donors (Lipinski definition) is 1. The summed E-state index contributed by atoms with van der Waals surface area (Å²) in [4.78, 5) is 37.6. The predicted molar refractivity (Wildman–Crippen MR) is 148 cm³/mol. The Bertz CT molecular complexity index is 1100. The minimum Gasteiger partial charge on any atom is -0.478 e. The number of terminal acetylenes is 1. The number of hydrogen-bond acceptors (Lipinski definition) is 4. The van der Waals surface area contributed by atoms with Gasteiger partial charge in [0.2, 0.25) is 0 Å². The summed E-state index contributed by atoms with van der Waals surface area (Å²) in [6.45, 7) is 16.8. The molecule has 0 aromatic rings. The fourth-order valence-corrected chi connectivity index (χ4v) is 9.63. The molecule has 9 atom stereocenters. The largest absolute Gasteiger partial charge is 0.478 e. The molecule has 5 rings (SSSR count). The monoisotopic (exact) mass is 518 g/mol. The normalized spacial score (nSPS) is 41.7. The Balaban J connectivity index is 0.00000164. The summed E-state index contributed by atoms with van der Waals surface area (Å²) < 4.78 is 6.58. The Kier molecular flexibility index (Phi) is 7.79. The highest BCUT2D eigenvalue weighted by molar-refractivity contribution is 5.90. The smallest absolute Gasteiger partial charge is 0.331 e. The quantitative estimate of drug-likeness (QED) is 0.210. The molecule has 204 valence electrons. The summed E-state index contributed by atoms with van der Waals surface area (Å²) in [5.74, 6) is 0.219. The first kappa shape index (κ1) is 28.3. The minimum atomic E-state index is -0.921. The van der Waals surface area contributed by atoms with E-state index in [-0.39, 0.29) is 41.4 Å². The fourth-order valence-electron chi connectivity index (χ4n) is 9.63. The molecule has 0 aliphatic heterocycles. The number of carboxylic acids is 1. The second-order valence-corrected chi connectivity index (χ2v) is 12.3. The average molecular weight is 519 g/mol. The number of methoxy groups -OCH3 is 1.